The fraction of sp³-hybridized carbons (Fsp3) is 0.286. The molecule has 0 bridgehead atoms. The second kappa shape index (κ2) is 5.56. The van der Waals surface area contributed by atoms with Gasteiger partial charge in [0.15, 0.2) is 0 Å². The number of nitrogens with zero attached hydrogens (tertiary/aromatic N) is 2. The van der Waals surface area contributed by atoms with Gasteiger partial charge in [0.05, 0.1) is 19.2 Å². The second-order valence-electron chi connectivity index (χ2n) is 4.14. The topological polar surface area (TPSA) is 64.4 Å². The number of carboxylic acid groups (broad SMARTS) is 1. The Morgan fingerprint density at radius 3 is 2.84 bits per heavy atom. The molecule has 1 aromatic heterocycles. The van der Waals surface area contributed by atoms with Crippen LogP contribution in [0.2, 0.25) is 0 Å². The van der Waals surface area contributed by atoms with Gasteiger partial charge in [-0.25, -0.2) is 4.68 Å². The standard InChI is InChI=1S/C14H16N2O3/c1-3-19-13-7-5-4-6-12(13)16-10(2)11(9-15-16)8-14(17)18/h4-7,9H,3,8H2,1-2H3,(H,17,18). The first-order chi connectivity index (χ1) is 9.13. The number of aliphatic carboxylic acids is 1. The first kappa shape index (κ1) is 13.1. The summed E-state index contributed by atoms with van der Waals surface area (Å²) < 4.78 is 7.27. The molecule has 0 saturated heterocycles. The Hall–Kier alpha value is -2.30. The summed E-state index contributed by atoms with van der Waals surface area (Å²) in [5, 5.41) is 13.1. The average Bonchev–Trinajstić information content (AvgIpc) is 2.72. The van der Waals surface area contributed by atoms with Crippen molar-refractivity contribution < 1.29 is 14.6 Å². The molecule has 1 N–H and O–H groups in total. The lowest BCUT2D eigenvalue weighted by Gasteiger charge is -2.11. The average molecular weight is 260 g/mol. The van der Waals surface area contributed by atoms with Crippen LogP contribution in [-0.4, -0.2) is 27.5 Å². The molecule has 0 aliphatic heterocycles. The van der Waals surface area contributed by atoms with Crippen LogP contribution >= 0.6 is 0 Å². The fourth-order valence-electron chi connectivity index (χ4n) is 1.93. The maximum Gasteiger partial charge on any atom is 0.307 e. The zero-order valence-corrected chi connectivity index (χ0v) is 11.0. The molecule has 19 heavy (non-hydrogen) atoms. The van der Waals surface area contributed by atoms with E-state index in [2.05, 4.69) is 5.10 Å². The molecule has 0 unspecified atom stereocenters. The van der Waals surface area contributed by atoms with Crippen LogP contribution in [0.1, 0.15) is 18.2 Å². The molecule has 2 rings (SSSR count). The molecule has 1 heterocycles. The summed E-state index contributed by atoms with van der Waals surface area (Å²) in [6.45, 7) is 4.34. The van der Waals surface area contributed by atoms with Gasteiger partial charge in [0.25, 0.3) is 0 Å². The van der Waals surface area contributed by atoms with Crippen LogP contribution in [0.15, 0.2) is 30.5 Å². The van der Waals surface area contributed by atoms with Crippen molar-refractivity contribution in [2.45, 2.75) is 20.3 Å². The highest BCUT2D eigenvalue weighted by Gasteiger charge is 2.13. The van der Waals surface area contributed by atoms with E-state index in [0.29, 0.717) is 12.2 Å². The van der Waals surface area contributed by atoms with Gasteiger partial charge in [0, 0.05) is 11.3 Å². The van der Waals surface area contributed by atoms with Crippen LogP contribution < -0.4 is 4.74 Å². The minimum atomic E-state index is -0.860. The Bertz CT molecular complexity index is 590. The molecule has 100 valence electrons. The summed E-state index contributed by atoms with van der Waals surface area (Å²) in [6.07, 6.45) is 1.56. The normalized spacial score (nSPS) is 10.4. The molecule has 2 aromatic rings. The van der Waals surface area contributed by atoms with Crippen molar-refractivity contribution >= 4 is 5.97 Å². The number of ether oxygens (including phenoxy) is 1. The van der Waals surface area contributed by atoms with Crippen molar-refractivity contribution in [1.82, 2.24) is 9.78 Å². The molecule has 0 saturated carbocycles. The van der Waals surface area contributed by atoms with Gasteiger partial charge in [-0.3, -0.25) is 4.79 Å². The largest absolute Gasteiger partial charge is 0.492 e. The maximum absolute atomic E-state index is 10.8. The number of rotatable bonds is 5. The monoisotopic (exact) mass is 260 g/mol. The second-order valence-corrected chi connectivity index (χ2v) is 4.14. The summed E-state index contributed by atoms with van der Waals surface area (Å²) >= 11 is 0. The van der Waals surface area contributed by atoms with Crippen molar-refractivity contribution in [2.24, 2.45) is 0 Å². The van der Waals surface area contributed by atoms with E-state index in [1.165, 1.54) is 0 Å². The number of carbonyl (C=O) groups is 1. The predicted molar refractivity (Wildman–Crippen MR) is 70.8 cm³/mol. The quantitative estimate of drug-likeness (QED) is 0.895. The van der Waals surface area contributed by atoms with Gasteiger partial charge in [0.2, 0.25) is 0 Å². The highest BCUT2D eigenvalue weighted by atomic mass is 16.5. The van der Waals surface area contributed by atoms with E-state index in [4.69, 9.17) is 9.84 Å². The van der Waals surface area contributed by atoms with Gasteiger partial charge in [-0.15, -0.1) is 0 Å². The lowest BCUT2D eigenvalue weighted by atomic mass is 10.2. The van der Waals surface area contributed by atoms with E-state index in [0.717, 1.165) is 17.1 Å². The molecular formula is C14H16N2O3. The first-order valence-corrected chi connectivity index (χ1v) is 6.11. The Kier molecular flexibility index (Phi) is 3.85. The van der Waals surface area contributed by atoms with Gasteiger partial charge in [-0.1, -0.05) is 12.1 Å². The first-order valence-electron chi connectivity index (χ1n) is 6.11. The van der Waals surface area contributed by atoms with E-state index in [1.54, 1.807) is 10.9 Å². The SMILES string of the molecule is CCOc1ccccc1-n1ncc(CC(=O)O)c1C. The molecular weight excluding hydrogens is 244 g/mol. The summed E-state index contributed by atoms with van der Waals surface area (Å²) in [6, 6.07) is 7.56. The molecule has 0 aliphatic carbocycles. The van der Waals surface area contributed by atoms with E-state index in [9.17, 15) is 4.79 Å². The molecule has 0 spiro atoms. The zero-order chi connectivity index (χ0) is 13.8. The van der Waals surface area contributed by atoms with Crippen LogP contribution in [0.3, 0.4) is 0 Å². The van der Waals surface area contributed by atoms with Gasteiger partial charge in [0.1, 0.15) is 11.4 Å². The Morgan fingerprint density at radius 1 is 1.42 bits per heavy atom. The Labute approximate surface area is 111 Å². The highest BCUT2D eigenvalue weighted by Crippen LogP contribution is 2.24. The van der Waals surface area contributed by atoms with E-state index in [-0.39, 0.29) is 6.42 Å². The zero-order valence-electron chi connectivity index (χ0n) is 11.0. The van der Waals surface area contributed by atoms with Gasteiger partial charge < -0.3 is 9.84 Å². The van der Waals surface area contributed by atoms with Crippen molar-refractivity contribution in [3.63, 3.8) is 0 Å². The Morgan fingerprint density at radius 2 is 2.16 bits per heavy atom. The third kappa shape index (κ3) is 2.76. The van der Waals surface area contributed by atoms with Crippen molar-refractivity contribution in [3.8, 4) is 11.4 Å². The summed E-state index contributed by atoms with van der Waals surface area (Å²) in [4.78, 5) is 10.8. The van der Waals surface area contributed by atoms with Crippen LogP contribution in [0.4, 0.5) is 0 Å². The van der Waals surface area contributed by atoms with E-state index >= 15 is 0 Å². The number of hydrogen-bond acceptors (Lipinski definition) is 3. The van der Waals surface area contributed by atoms with E-state index < -0.39 is 5.97 Å². The smallest absolute Gasteiger partial charge is 0.307 e. The number of hydrogen-bond donors (Lipinski definition) is 1. The van der Waals surface area contributed by atoms with Gasteiger partial charge >= 0.3 is 5.97 Å². The Balaban J connectivity index is 2.42. The number of carboxylic acids is 1. The molecule has 0 aliphatic rings. The molecule has 0 amide bonds. The van der Waals surface area contributed by atoms with Crippen LogP contribution in [0.25, 0.3) is 5.69 Å². The van der Waals surface area contributed by atoms with Crippen molar-refractivity contribution in [1.29, 1.82) is 0 Å². The van der Waals surface area contributed by atoms with Gasteiger partial charge in [-0.2, -0.15) is 5.10 Å². The maximum atomic E-state index is 10.8. The molecule has 0 atom stereocenters. The van der Waals surface area contributed by atoms with Crippen molar-refractivity contribution in [3.05, 3.63) is 41.7 Å². The minimum Gasteiger partial charge on any atom is -0.492 e. The predicted octanol–water partition coefficient (Wildman–Crippen LogP) is 2.21. The van der Waals surface area contributed by atoms with Crippen molar-refractivity contribution in [2.75, 3.05) is 6.61 Å². The van der Waals surface area contributed by atoms with Gasteiger partial charge in [-0.05, 0) is 26.0 Å². The van der Waals surface area contributed by atoms with E-state index in [1.807, 2.05) is 38.1 Å². The van der Waals surface area contributed by atoms with Crippen LogP contribution in [0.5, 0.6) is 5.75 Å². The fourth-order valence-corrected chi connectivity index (χ4v) is 1.93. The molecule has 0 radical (unpaired) electrons. The molecule has 5 nitrogen and oxygen atoms in total. The highest BCUT2D eigenvalue weighted by molar-refractivity contribution is 5.70. The summed E-state index contributed by atoms with van der Waals surface area (Å²) in [5.41, 5.74) is 2.34. The minimum absolute atomic E-state index is 0.0252. The lowest BCUT2D eigenvalue weighted by molar-refractivity contribution is -0.136. The summed E-state index contributed by atoms with van der Waals surface area (Å²) in [7, 11) is 0. The summed E-state index contributed by atoms with van der Waals surface area (Å²) in [5.74, 6) is -0.126. The molecule has 5 heteroatoms. The molecule has 1 aromatic carbocycles. The number of aromatic nitrogens is 2. The number of para-hydroxylation sites is 2. The third-order valence-corrected chi connectivity index (χ3v) is 2.85. The molecule has 0 fully saturated rings. The third-order valence-electron chi connectivity index (χ3n) is 2.85. The lowest BCUT2D eigenvalue weighted by Crippen LogP contribution is -2.05. The van der Waals surface area contributed by atoms with Crippen LogP contribution in [0, 0.1) is 6.92 Å². The number of benzene rings is 1. The van der Waals surface area contributed by atoms with Crippen LogP contribution in [-0.2, 0) is 11.2 Å².